The standard InChI is InChI=1S/C15H15IN4O/c1-15-6-8(15)4-10-11(7-15)20(19-13(10)14(17)21)12-5-9(16)2-3-18-12/h2-3,5,8H,4,6-7H2,1H3,(H2,17,21)/t8-,15-/m1/s1. The van der Waals surface area contributed by atoms with Gasteiger partial charge in [-0.1, -0.05) is 6.92 Å². The van der Waals surface area contributed by atoms with Crippen molar-refractivity contribution in [2.45, 2.75) is 26.2 Å². The fraction of sp³-hybridized carbons (Fsp3) is 0.400. The van der Waals surface area contributed by atoms with E-state index in [1.807, 2.05) is 16.8 Å². The molecule has 0 bridgehead atoms. The Hall–Kier alpha value is -1.44. The third-order valence-corrected chi connectivity index (χ3v) is 5.48. The molecule has 2 atom stereocenters. The van der Waals surface area contributed by atoms with Gasteiger partial charge >= 0.3 is 0 Å². The maximum absolute atomic E-state index is 11.7. The number of pyridine rings is 1. The number of amides is 1. The van der Waals surface area contributed by atoms with Gasteiger partial charge in [0.1, 0.15) is 0 Å². The summed E-state index contributed by atoms with van der Waals surface area (Å²) in [6, 6.07) is 3.91. The molecular weight excluding hydrogens is 379 g/mol. The van der Waals surface area contributed by atoms with Crippen molar-refractivity contribution in [3.05, 3.63) is 38.9 Å². The number of carbonyl (C=O) groups is 1. The van der Waals surface area contributed by atoms with Gasteiger partial charge in [0.05, 0.1) is 5.69 Å². The highest BCUT2D eigenvalue weighted by molar-refractivity contribution is 14.1. The van der Waals surface area contributed by atoms with Crippen LogP contribution in [0.3, 0.4) is 0 Å². The van der Waals surface area contributed by atoms with Crippen LogP contribution in [0.5, 0.6) is 0 Å². The second-order valence-corrected chi connectivity index (χ2v) is 7.56. The molecule has 2 heterocycles. The average molecular weight is 394 g/mol. The lowest BCUT2D eigenvalue weighted by Gasteiger charge is -2.19. The molecule has 6 heteroatoms. The highest BCUT2D eigenvalue weighted by Crippen LogP contribution is 2.59. The molecule has 0 radical (unpaired) electrons. The van der Waals surface area contributed by atoms with Crippen LogP contribution in [0, 0.1) is 14.9 Å². The van der Waals surface area contributed by atoms with E-state index in [0.29, 0.717) is 17.0 Å². The Morgan fingerprint density at radius 1 is 1.57 bits per heavy atom. The normalized spacial score (nSPS) is 26.1. The van der Waals surface area contributed by atoms with Crippen LogP contribution >= 0.6 is 22.6 Å². The minimum Gasteiger partial charge on any atom is -0.364 e. The van der Waals surface area contributed by atoms with Gasteiger partial charge in [0.15, 0.2) is 11.5 Å². The van der Waals surface area contributed by atoms with Crippen LogP contribution in [0.15, 0.2) is 18.3 Å². The molecule has 2 aromatic heterocycles. The van der Waals surface area contributed by atoms with E-state index in [-0.39, 0.29) is 0 Å². The number of hydrogen-bond donors (Lipinski definition) is 1. The molecule has 108 valence electrons. The smallest absolute Gasteiger partial charge is 0.269 e. The van der Waals surface area contributed by atoms with Crippen LogP contribution < -0.4 is 5.73 Å². The highest BCUT2D eigenvalue weighted by atomic mass is 127. The molecule has 1 fully saturated rings. The molecular formula is C15H15IN4O. The molecule has 0 unspecified atom stereocenters. The number of nitrogens with zero attached hydrogens (tertiary/aromatic N) is 3. The predicted molar refractivity (Wildman–Crippen MR) is 86.2 cm³/mol. The number of hydrogen-bond acceptors (Lipinski definition) is 3. The zero-order valence-corrected chi connectivity index (χ0v) is 13.8. The molecule has 2 aliphatic rings. The van der Waals surface area contributed by atoms with Crippen molar-refractivity contribution in [2.24, 2.45) is 17.1 Å². The Kier molecular flexibility index (Phi) is 2.70. The Morgan fingerprint density at radius 2 is 2.38 bits per heavy atom. The van der Waals surface area contributed by atoms with Crippen molar-refractivity contribution >= 4 is 28.5 Å². The minimum absolute atomic E-state index is 0.363. The first kappa shape index (κ1) is 13.2. The Labute approximate surface area is 136 Å². The largest absolute Gasteiger partial charge is 0.364 e. The maximum atomic E-state index is 11.7. The number of fused-ring (bicyclic) bond motifs is 2. The van der Waals surface area contributed by atoms with E-state index in [1.54, 1.807) is 6.20 Å². The van der Waals surface area contributed by atoms with Gasteiger partial charge in [-0.2, -0.15) is 5.10 Å². The summed E-state index contributed by atoms with van der Waals surface area (Å²) in [5.41, 5.74) is 8.43. The van der Waals surface area contributed by atoms with Gasteiger partial charge in [-0.3, -0.25) is 4.79 Å². The molecule has 0 saturated heterocycles. The van der Waals surface area contributed by atoms with E-state index in [4.69, 9.17) is 5.73 Å². The minimum atomic E-state index is -0.445. The van der Waals surface area contributed by atoms with Gasteiger partial charge in [0.25, 0.3) is 5.91 Å². The lowest BCUT2D eigenvalue weighted by molar-refractivity contribution is 0.0994. The van der Waals surface area contributed by atoms with Crippen LogP contribution in [0.1, 0.15) is 35.1 Å². The quantitative estimate of drug-likeness (QED) is 0.793. The number of primary amides is 1. The number of carbonyl (C=O) groups excluding carboxylic acids is 1. The molecule has 0 aliphatic heterocycles. The van der Waals surface area contributed by atoms with E-state index in [0.717, 1.165) is 33.5 Å². The van der Waals surface area contributed by atoms with Gasteiger partial charge in [0.2, 0.25) is 0 Å². The molecule has 2 aliphatic carbocycles. The van der Waals surface area contributed by atoms with Crippen LogP contribution in [-0.4, -0.2) is 20.7 Å². The maximum Gasteiger partial charge on any atom is 0.269 e. The van der Waals surface area contributed by atoms with E-state index in [2.05, 4.69) is 39.6 Å². The van der Waals surface area contributed by atoms with Crippen molar-refractivity contribution in [1.82, 2.24) is 14.8 Å². The number of nitrogens with two attached hydrogens (primary N) is 1. The average Bonchev–Trinajstić information content (AvgIpc) is 2.94. The second kappa shape index (κ2) is 4.28. The SMILES string of the molecule is C[C@@]12Cc3c(c(C(N)=O)nn3-c3cc(I)ccn3)C[C@@H]1C2. The van der Waals surface area contributed by atoms with Crippen LogP contribution in [0.4, 0.5) is 0 Å². The lowest BCUT2D eigenvalue weighted by Crippen LogP contribution is -2.18. The third kappa shape index (κ3) is 1.99. The Balaban J connectivity index is 1.90. The van der Waals surface area contributed by atoms with Gasteiger partial charge in [-0.15, -0.1) is 0 Å². The van der Waals surface area contributed by atoms with Crippen molar-refractivity contribution < 1.29 is 4.79 Å². The third-order valence-electron chi connectivity index (χ3n) is 4.81. The summed E-state index contributed by atoms with van der Waals surface area (Å²) < 4.78 is 2.91. The molecule has 0 spiro atoms. The van der Waals surface area contributed by atoms with Gasteiger partial charge in [0, 0.05) is 15.3 Å². The lowest BCUT2D eigenvalue weighted by atomic mass is 9.87. The first-order valence-electron chi connectivity index (χ1n) is 7.00. The summed E-state index contributed by atoms with van der Waals surface area (Å²) in [6.07, 6.45) is 4.84. The van der Waals surface area contributed by atoms with Crippen LogP contribution in [0.2, 0.25) is 0 Å². The molecule has 5 nitrogen and oxygen atoms in total. The number of aromatic nitrogens is 3. The summed E-state index contributed by atoms with van der Waals surface area (Å²) in [5, 5.41) is 4.47. The summed E-state index contributed by atoms with van der Waals surface area (Å²) in [5.74, 6) is 0.984. The monoisotopic (exact) mass is 394 g/mol. The van der Waals surface area contributed by atoms with Crippen LogP contribution in [0.25, 0.3) is 5.82 Å². The van der Waals surface area contributed by atoms with Gasteiger partial charge in [-0.25, -0.2) is 9.67 Å². The van der Waals surface area contributed by atoms with E-state index < -0.39 is 5.91 Å². The van der Waals surface area contributed by atoms with Crippen molar-refractivity contribution in [3.63, 3.8) is 0 Å². The molecule has 21 heavy (non-hydrogen) atoms. The first-order valence-corrected chi connectivity index (χ1v) is 8.08. The fourth-order valence-electron chi connectivity index (χ4n) is 3.45. The summed E-state index contributed by atoms with van der Waals surface area (Å²) >= 11 is 2.25. The Morgan fingerprint density at radius 3 is 3.10 bits per heavy atom. The van der Waals surface area contributed by atoms with Crippen molar-refractivity contribution in [3.8, 4) is 5.82 Å². The van der Waals surface area contributed by atoms with E-state index >= 15 is 0 Å². The topological polar surface area (TPSA) is 73.8 Å². The van der Waals surface area contributed by atoms with Crippen molar-refractivity contribution in [1.29, 1.82) is 0 Å². The number of halogens is 1. The van der Waals surface area contributed by atoms with Gasteiger partial charge < -0.3 is 5.73 Å². The first-order chi connectivity index (χ1) is 9.98. The summed E-state index contributed by atoms with van der Waals surface area (Å²) in [7, 11) is 0. The molecule has 4 rings (SSSR count). The van der Waals surface area contributed by atoms with E-state index in [1.165, 1.54) is 6.42 Å². The molecule has 0 aromatic carbocycles. The number of rotatable bonds is 2. The fourth-order valence-corrected chi connectivity index (χ4v) is 3.89. The summed E-state index contributed by atoms with van der Waals surface area (Å²) in [4.78, 5) is 16.1. The van der Waals surface area contributed by atoms with Crippen LogP contribution in [-0.2, 0) is 12.8 Å². The predicted octanol–water partition coefficient (Wildman–Crippen LogP) is 2.10. The van der Waals surface area contributed by atoms with Crippen molar-refractivity contribution in [2.75, 3.05) is 0 Å². The molecule has 1 amide bonds. The summed E-state index contributed by atoms with van der Waals surface area (Å²) in [6.45, 7) is 2.31. The molecule has 2 aromatic rings. The van der Waals surface area contributed by atoms with E-state index in [9.17, 15) is 4.79 Å². The second-order valence-electron chi connectivity index (χ2n) is 6.32. The molecule has 2 N–H and O–H groups in total. The highest BCUT2D eigenvalue weighted by Gasteiger charge is 2.54. The zero-order valence-electron chi connectivity index (χ0n) is 11.6. The Bertz CT molecular complexity index is 769. The molecule has 1 saturated carbocycles. The zero-order chi connectivity index (χ0) is 14.8. The van der Waals surface area contributed by atoms with Gasteiger partial charge in [-0.05, 0) is 65.3 Å².